The first kappa shape index (κ1) is 10.5. The number of benzene rings is 1. The van der Waals surface area contributed by atoms with E-state index in [1.165, 1.54) is 0 Å². The van der Waals surface area contributed by atoms with E-state index in [4.69, 9.17) is 4.74 Å². The average Bonchev–Trinajstić information content (AvgIpc) is 2.62. The lowest BCUT2D eigenvalue weighted by Gasteiger charge is -2.08. The number of ketones is 2. The standard InChI is InChI=1S/C12H10O4/c13-9-6-7-10(14)11(9)16-12(15)8-4-2-1-3-5-8/h1-5,11H,6-7H2. The molecule has 2 rings (SSSR count). The van der Waals surface area contributed by atoms with Crippen LogP contribution < -0.4 is 0 Å². The van der Waals surface area contributed by atoms with Crippen molar-refractivity contribution in [2.75, 3.05) is 0 Å². The van der Waals surface area contributed by atoms with Crippen LogP contribution in [0.4, 0.5) is 0 Å². The van der Waals surface area contributed by atoms with Gasteiger partial charge in [-0.05, 0) is 12.1 Å². The van der Waals surface area contributed by atoms with Crippen LogP contribution in [0.3, 0.4) is 0 Å². The van der Waals surface area contributed by atoms with E-state index in [1.807, 2.05) is 0 Å². The lowest BCUT2D eigenvalue weighted by Crippen LogP contribution is -2.28. The van der Waals surface area contributed by atoms with Crippen molar-refractivity contribution in [2.45, 2.75) is 18.9 Å². The summed E-state index contributed by atoms with van der Waals surface area (Å²) in [6, 6.07) is 8.30. The topological polar surface area (TPSA) is 60.4 Å². The van der Waals surface area contributed by atoms with Crippen molar-refractivity contribution in [3.63, 3.8) is 0 Å². The molecule has 16 heavy (non-hydrogen) atoms. The first-order valence-corrected chi connectivity index (χ1v) is 5.00. The van der Waals surface area contributed by atoms with Crippen LogP contribution >= 0.6 is 0 Å². The molecule has 4 heteroatoms. The van der Waals surface area contributed by atoms with Gasteiger partial charge in [0.15, 0.2) is 11.6 Å². The zero-order valence-corrected chi connectivity index (χ0v) is 8.51. The van der Waals surface area contributed by atoms with Gasteiger partial charge in [-0.2, -0.15) is 0 Å². The molecule has 0 aliphatic heterocycles. The molecule has 0 spiro atoms. The maximum atomic E-state index is 11.6. The summed E-state index contributed by atoms with van der Waals surface area (Å²) in [5, 5.41) is 0. The van der Waals surface area contributed by atoms with E-state index < -0.39 is 12.1 Å². The second-order valence-corrected chi connectivity index (χ2v) is 3.58. The number of esters is 1. The smallest absolute Gasteiger partial charge is 0.339 e. The highest BCUT2D eigenvalue weighted by Crippen LogP contribution is 2.15. The van der Waals surface area contributed by atoms with Gasteiger partial charge in [-0.1, -0.05) is 18.2 Å². The van der Waals surface area contributed by atoms with E-state index in [9.17, 15) is 14.4 Å². The van der Waals surface area contributed by atoms with E-state index in [0.717, 1.165) is 0 Å². The Morgan fingerprint density at radius 3 is 2.19 bits per heavy atom. The molecule has 1 aromatic rings. The summed E-state index contributed by atoms with van der Waals surface area (Å²) in [5.74, 6) is -1.25. The summed E-state index contributed by atoms with van der Waals surface area (Å²) in [6.45, 7) is 0. The fourth-order valence-corrected chi connectivity index (χ4v) is 1.57. The summed E-state index contributed by atoms with van der Waals surface area (Å²) >= 11 is 0. The average molecular weight is 218 g/mol. The van der Waals surface area contributed by atoms with Crippen LogP contribution in [0.5, 0.6) is 0 Å². The normalized spacial score (nSPS) is 16.5. The number of ether oxygens (including phenoxy) is 1. The Morgan fingerprint density at radius 2 is 1.62 bits per heavy atom. The lowest BCUT2D eigenvalue weighted by molar-refractivity contribution is -0.133. The van der Waals surface area contributed by atoms with Crippen molar-refractivity contribution < 1.29 is 19.1 Å². The van der Waals surface area contributed by atoms with Gasteiger partial charge in [0, 0.05) is 12.8 Å². The van der Waals surface area contributed by atoms with E-state index in [0.29, 0.717) is 5.56 Å². The Hall–Kier alpha value is -1.97. The Kier molecular flexibility index (Phi) is 2.81. The third-order valence-electron chi connectivity index (χ3n) is 2.44. The van der Waals surface area contributed by atoms with E-state index in [1.54, 1.807) is 30.3 Å². The van der Waals surface area contributed by atoms with Crippen molar-refractivity contribution in [3.05, 3.63) is 35.9 Å². The molecule has 0 aromatic heterocycles. The second-order valence-electron chi connectivity index (χ2n) is 3.58. The zero-order valence-electron chi connectivity index (χ0n) is 8.51. The third-order valence-corrected chi connectivity index (χ3v) is 2.44. The van der Waals surface area contributed by atoms with Gasteiger partial charge < -0.3 is 4.74 Å². The number of hydrogen-bond donors (Lipinski definition) is 0. The van der Waals surface area contributed by atoms with Crippen molar-refractivity contribution in [2.24, 2.45) is 0 Å². The largest absolute Gasteiger partial charge is 0.443 e. The van der Waals surface area contributed by atoms with Gasteiger partial charge in [0.1, 0.15) is 0 Å². The van der Waals surface area contributed by atoms with E-state index in [2.05, 4.69) is 0 Å². The summed E-state index contributed by atoms with van der Waals surface area (Å²) in [6.07, 6.45) is -0.843. The SMILES string of the molecule is O=C(OC1C(=O)CCC1=O)c1ccccc1. The minimum Gasteiger partial charge on any atom is -0.443 e. The molecule has 1 aliphatic carbocycles. The molecule has 82 valence electrons. The molecule has 0 unspecified atom stereocenters. The highest BCUT2D eigenvalue weighted by atomic mass is 16.6. The van der Waals surface area contributed by atoms with Crippen molar-refractivity contribution in [3.8, 4) is 0 Å². The highest BCUT2D eigenvalue weighted by Gasteiger charge is 2.36. The van der Waals surface area contributed by atoms with Gasteiger partial charge in [0.05, 0.1) is 5.56 Å². The maximum Gasteiger partial charge on any atom is 0.339 e. The van der Waals surface area contributed by atoms with Crippen LogP contribution in [0.15, 0.2) is 30.3 Å². The van der Waals surface area contributed by atoms with Gasteiger partial charge >= 0.3 is 5.97 Å². The van der Waals surface area contributed by atoms with Crippen molar-refractivity contribution in [1.29, 1.82) is 0 Å². The first-order valence-electron chi connectivity index (χ1n) is 5.00. The van der Waals surface area contributed by atoms with Crippen LogP contribution in [0.2, 0.25) is 0 Å². The molecule has 0 radical (unpaired) electrons. The second kappa shape index (κ2) is 4.26. The van der Waals surface area contributed by atoms with E-state index >= 15 is 0 Å². The fourth-order valence-electron chi connectivity index (χ4n) is 1.57. The monoisotopic (exact) mass is 218 g/mol. The minimum absolute atomic E-state index is 0.172. The molecule has 1 saturated carbocycles. The summed E-state index contributed by atoms with van der Waals surface area (Å²) in [7, 11) is 0. The van der Waals surface area contributed by atoms with E-state index in [-0.39, 0.29) is 24.4 Å². The molecule has 0 N–H and O–H groups in total. The van der Waals surface area contributed by atoms with Gasteiger partial charge in [-0.25, -0.2) is 4.79 Å². The van der Waals surface area contributed by atoms with Gasteiger partial charge in [-0.3, -0.25) is 9.59 Å². The molecule has 1 fully saturated rings. The van der Waals surface area contributed by atoms with Crippen LogP contribution in [0, 0.1) is 0 Å². The summed E-state index contributed by atoms with van der Waals surface area (Å²) in [5.41, 5.74) is 0.343. The quantitative estimate of drug-likeness (QED) is 0.551. The predicted octanol–water partition coefficient (Wildman–Crippen LogP) is 1.14. The summed E-state index contributed by atoms with van der Waals surface area (Å²) < 4.78 is 4.88. The Labute approximate surface area is 92.2 Å². The number of Topliss-reactive ketones (excluding diaryl/α,β-unsaturated/α-hetero) is 2. The number of carbonyl (C=O) groups excluding carboxylic acids is 3. The maximum absolute atomic E-state index is 11.6. The molecule has 4 nitrogen and oxygen atoms in total. The fraction of sp³-hybridized carbons (Fsp3) is 0.250. The number of carbonyl (C=O) groups is 3. The van der Waals surface area contributed by atoms with Crippen molar-refractivity contribution in [1.82, 2.24) is 0 Å². The molecule has 0 amide bonds. The highest BCUT2D eigenvalue weighted by molar-refractivity contribution is 6.12. The molecule has 0 heterocycles. The third kappa shape index (κ3) is 2.00. The summed E-state index contributed by atoms with van der Waals surface area (Å²) in [4.78, 5) is 34.1. The van der Waals surface area contributed by atoms with Crippen LogP contribution in [-0.2, 0) is 14.3 Å². The molecule has 1 aromatic carbocycles. The number of hydrogen-bond acceptors (Lipinski definition) is 4. The van der Waals surface area contributed by atoms with Crippen LogP contribution in [0.1, 0.15) is 23.2 Å². The Morgan fingerprint density at radius 1 is 1.06 bits per heavy atom. The van der Waals surface area contributed by atoms with Crippen LogP contribution in [-0.4, -0.2) is 23.6 Å². The Bertz CT molecular complexity index is 420. The van der Waals surface area contributed by atoms with Gasteiger partial charge in [-0.15, -0.1) is 0 Å². The van der Waals surface area contributed by atoms with Crippen LogP contribution in [0.25, 0.3) is 0 Å². The molecule has 0 saturated heterocycles. The minimum atomic E-state index is -1.19. The van der Waals surface area contributed by atoms with Gasteiger partial charge in [0.2, 0.25) is 6.10 Å². The number of rotatable bonds is 2. The Balaban J connectivity index is 2.08. The predicted molar refractivity (Wildman–Crippen MR) is 54.9 cm³/mol. The molecule has 0 atom stereocenters. The first-order chi connectivity index (χ1) is 7.68. The zero-order chi connectivity index (χ0) is 11.5. The lowest BCUT2D eigenvalue weighted by atomic mass is 10.2. The molecule has 1 aliphatic rings. The van der Waals surface area contributed by atoms with Gasteiger partial charge in [0.25, 0.3) is 0 Å². The molecular weight excluding hydrogens is 208 g/mol. The molecule has 0 bridgehead atoms. The molecular formula is C12H10O4. The van der Waals surface area contributed by atoms with Crippen molar-refractivity contribution >= 4 is 17.5 Å².